The third kappa shape index (κ3) is 3.39. The second-order valence-corrected chi connectivity index (χ2v) is 8.41. The van der Waals surface area contributed by atoms with Crippen molar-refractivity contribution in [3.8, 4) is 0 Å². The van der Waals surface area contributed by atoms with E-state index in [1.165, 1.54) is 36.1 Å². The number of hydrogen-bond acceptors (Lipinski definition) is 4. The van der Waals surface area contributed by atoms with Crippen LogP contribution in [0.2, 0.25) is 5.02 Å². The van der Waals surface area contributed by atoms with Crippen molar-refractivity contribution in [3.63, 3.8) is 0 Å². The summed E-state index contributed by atoms with van der Waals surface area (Å²) in [7, 11) is 6.29. The minimum atomic E-state index is -0.215. The zero-order valence-electron chi connectivity index (χ0n) is 17.5. The van der Waals surface area contributed by atoms with Crippen molar-refractivity contribution in [1.82, 2.24) is 9.91 Å². The van der Waals surface area contributed by atoms with Crippen molar-refractivity contribution in [2.45, 2.75) is 52.2 Å². The molecule has 4 nitrogen and oxygen atoms in total. The Bertz CT molecular complexity index is 770. The van der Waals surface area contributed by atoms with E-state index in [4.69, 9.17) is 17.3 Å². The van der Waals surface area contributed by atoms with Crippen molar-refractivity contribution >= 4 is 22.9 Å². The van der Waals surface area contributed by atoms with Gasteiger partial charge in [-0.15, -0.1) is 0 Å². The highest BCUT2D eigenvalue weighted by Crippen LogP contribution is 2.47. The van der Waals surface area contributed by atoms with Crippen LogP contribution < -0.4 is 10.7 Å². The van der Waals surface area contributed by atoms with E-state index in [1.54, 1.807) is 0 Å². The average Bonchev–Trinajstić information content (AvgIpc) is 2.88. The number of hydrogen-bond donors (Lipinski definition) is 1. The number of hydrazine groups is 1. The number of anilines is 1. The van der Waals surface area contributed by atoms with Crippen LogP contribution in [0.15, 0.2) is 30.0 Å². The molecule has 3 rings (SSSR count). The minimum Gasteiger partial charge on any atom is -0.371 e. The molecule has 2 N–H and O–H groups in total. The Morgan fingerprint density at radius 3 is 2.56 bits per heavy atom. The summed E-state index contributed by atoms with van der Waals surface area (Å²) >= 11 is 6.55. The predicted molar refractivity (Wildman–Crippen MR) is 117 cm³/mol. The molecule has 0 amide bonds. The summed E-state index contributed by atoms with van der Waals surface area (Å²) in [6, 6.07) is 4.52. The Labute approximate surface area is 169 Å². The van der Waals surface area contributed by atoms with E-state index < -0.39 is 0 Å². The Balaban J connectivity index is 2.12. The lowest BCUT2D eigenvalue weighted by molar-refractivity contribution is 0.265. The van der Waals surface area contributed by atoms with Gasteiger partial charge < -0.3 is 15.6 Å². The Kier molecular flexibility index (Phi) is 5.90. The summed E-state index contributed by atoms with van der Waals surface area (Å²) < 4.78 is 0. The smallest absolute Gasteiger partial charge is 0.105 e. The second-order valence-electron chi connectivity index (χ2n) is 8.00. The molecule has 3 atom stereocenters. The van der Waals surface area contributed by atoms with Gasteiger partial charge >= 0.3 is 0 Å². The first-order chi connectivity index (χ1) is 12.8. The van der Waals surface area contributed by atoms with Crippen LogP contribution in [0.4, 0.5) is 5.69 Å². The van der Waals surface area contributed by atoms with Crippen molar-refractivity contribution in [1.29, 1.82) is 0 Å². The zero-order chi connectivity index (χ0) is 19.9. The first-order valence-electron chi connectivity index (χ1n) is 9.95. The van der Waals surface area contributed by atoms with Gasteiger partial charge in [0.25, 0.3) is 0 Å². The van der Waals surface area contributed by atoms with Gasteiger partial charge in [-0.3, -0.25) is 0 Å². The molecular formula is C22H33ClN4. The highest BCUT2D eigenvalue weighted by molar-refractivity contribution is 6.32. The lowest BCUT2D eigenvalue weighted by atomic mass is 9.82. The summed E-state index contributed by atoms with van der Waals surface area (Å²) in [5.74, 6) is 0.564. The molecule has 2 aliphatic heterocycles. The van der Waals surface area contributed by atoms with Crippen LogP contribution in [0.1, 0.15) is 57.3 Å². The summed E-state index contributed by atoms with van der Waals surface area (Å²) in [6.07, 6.45) is 8.01. The highest BCUT2D eigenvalue weighted by Gasteiger charge is 2.37. The SMILES string of the molecule is CCCCC(C)C1C(c2ccc(Cl)c3c2N(C)N(C)C3N)=CC=C(C)N1C. The fraction of sp³-hybridized carbons (Fsp3) is 0.545. The fourth-order valence-corrected chi connectivity index (χ4v) is 4.72. The Morgan fingerprint density at radius 1 is 1.19 bits per heavy atom. The molecule has 0 saturated carbocycles. The first-order valence-corrected chi connectivity index (χ1v) is 10.3. The maximum Gasteiger partial charge on any atom is 0.105 e. The number of unbranched alkanes of at least 4 members (excludes halogenated alkanes) is 1. The monoisotopic (exact) mass is 388 g/mol. The molecule has 0 aromatic heterocycles. The number of halogens is 1. The van der Waals surface area contributed by atoms with Gasteiger partial charge in [-0.2, -0.15) is 0 Å². The van der Waals surface area contributed by atoms with Crippen molar-refractivity contribution in [2.24, 2.45) is 11.7 Å². The molecule has 2 heterocycles. The molecule has 2 aliphatic rings. The van der Waals surface area contributed by atoms with Crippen LogP contribution in [-0.2, 0) is 0 Å². The maximum atomic E-state index is 6.55. The van der Waals surface area contributed by atoms with Crippen LogP contribution in [0.5, 0.6) is 0 Å². The summed E-state index contributed by atoms with van der Waals surface area (Å²) in [6.45, 7) is 6.83. The molecule has 27 heavy (non-hydrogen) atoms. The third-order valence-corrected chi connectivity index (χ3v) is 6.65. The number of allylic oxidation sites excluding steroid dienone is 3. The quantitative estimate of drug-likeness (QED) is 0.768. The lowest BCUT2D eigenvalue weighted by Gasteiger charge is -2.40. The Morgan fingerprint density at radius 2 is 1.89 bits per heavy atom. The highest BCUT2D eigenvalue weighted by atomic mass is 35.5. The molecule has 0 fully saturated rings. The molecule has 3 unspecified atom stereocenters. The molecule has 0 spiro atoms. The first kappa shape index (κ1) is 20.2. The van der Waals surface area contributed by atoms with Gasteiger partial charge in [0, 0.05) is 43.0 Å². The van der Waals surface area contributed by atoms with E-state index in [0.29, 0.717) is 12.0 Å². The van der Waals surface area contributed by atoms with E-state index in [0.717, 1.165) is 16.3 Å². The van der Waals surface area contributed by atoms with Crippen molar-refractivity contribution in [2.75, 3.05) is 26.2 Å². The third-order valence-electron chi connectivity index (χ3n) is 6.32. The number of nitrogens with two attached hydrogens (primary N) is 1. The van der Waals surface area contributed by atoms with Gasteiger partial charge in [-0.25, -0.2) is 5.01 Å². The predicted octanol–water partition coefficient (Wildman–Crippen LogP) is 5.02. The standard InChI is InChI=1S/C22H33ClN4/c1-7-8-9-14(2)20-16(11-10-15(3)25(20)4)17-12-13-18(23)19-21(17)26(5)27(6)22(19)24/h10-14,20,22H,7-9,24H2,1-6H3. The molecule has 148 valence electrons. The zero-order valence-corrected chi connectivity index (χ0v) is 18.2. The normalized spacial score (nSPS) is 24.0. The number of likely N-dealkylation sites (N-methyl/N-ethyl adjacent to an activating group) is 1. The second kappa shape index (κ2) is 7.86. The topological polar surface area (TPSA) is 35.7 Å². The molecule has 0 saturated heterocycles. The van der Waals surface area contributed by atoms with E-state index in [2.05, 4.69) is 63.0 Å². The van der Waals surface area contributed by atoms with E-state index in [-0.39, 0.29) is 6.17 Å². The maximum absolute atomic E-state index is 6.55. The molecule has 1 aromatic rings. The minimum absolute atomic E-state index is 0.215. The van der Waals surface area contributed by atoms with Crippen LogP contribution in [0.3, 0.4) is 0 Å². The van der Waals surface area contributed by atoms with Gasteiger partial charge in [0.15, 0.2) is 0 Å². The summed E-state index contributed by atoms with van der Waals surface area (Å²) in [5, 5.41) is 4.93. The van der Waals surface area contributed by atoms with Crippen LogP contribution in [0, 0.1) is 5.92 Å². The largest absolute Gasteiger partial charge is 0.371 e. The number of benzene rings is 1. The van der Waals surface area contributed by atoms with Crippen molar-refractivity contribution in [3.05, 3.63) is 46.1 Å². The fourth-order valence-electron chi connectivity index (χ4n) is 4.45. The number of rotatable bonds is 5. The number of nitrogens with zero attached hydrogens (tertiary/aromatic N) is 3. The molecule has 0 bridgehead atoms. The molecule has 0 aliphatic carbocycles. The Hall–Kier alpha value is -1.49. The molecule has 1 aromatic carbocycles. The van der Waals surface area contributed by atoms with Gasteiger partial charge in [0.1, 0.15) is 6.17 Å². The van der Waals surface area contributed by atoms with Gasteiger partial charge in [-0.1, -0.05) is 50.4 Å². The molecule has 0 radical (unpaired) electrons. The van der Waals surface area contributed by atoms with Gasteiger partial charge in [-0.05, 0) is 37.0 Å². The van der Waals surface area contributed by atoms with Crippen molar-refractivity contribution < 1.29 is 0 Å². The summed E-state index contributed by atoms with van der Waals surface area (Å²) in [4.78, 5) is 2.43. The van der Waals surface area contributed by atoms with E-state index in [1.807, 2.05) is 18.1 Å². The average molecular weight is 389 g/mol. The lowest BCUT2D eigenvalue weighted by Crippen LogP contribution is -2.39. The van der Waals surface area contributed by atoms with Crippen LogP contribution in [0.25, 0.3) is 5.57 Å². The summed E-state index contributed by atoms with van der Waals surface area (Å²) in [5.41, 5.74) is 12.5. The molecular weight excluding hydrogens is 356 g/mol. The number of fused-ring (bicyclic) bond motifs is 1. The van der Waals surface area contributed by atoms with Crippen LogP contribution >= 0.6 is 11.6 Å². The van der Waals surface area contributed by atoms with E-state index >= 15 is 0 Å². The van der Waals surface area contributed by atoms with Crippen LogP contribution in [-0.4, -0.2) is 37.1 Å². The van der Waals surface area contributed by atoms with Gasteiger partial charge in [0.05, 0.1) is 11.7 Å². The molecule has 5 heteroatoms. The van der Waals surface area contributed by atoms with E-state index in [9.17, 15) is 0 Å². The van der Waals surface area contributed by atoms with Gasteiger partial charge in [0.2, 0.25) is 0 Å².